The van der Waals surface area contributed by atoms with Crippen LogP contribution in [-0.2, 0) is 16.6 Å². The number of aromatic hydroxyl groups is 2. The average molecular weight is 403 g/mol. The molecule has 1 unspecified atom stereocenters. The predicted octanol–water partition coefficient (Wildman–Crippen LogP) is 1.14. The van der Waals surface area contributed by atoms with Crippen molar-refractivity contribution in [3.05, 3.63) is 24.6 Å². The number of phenolic OH excluding ortho intramolecular Hbond substituents is 2. The molecule has 3 fully saturated rings. The van der Waals surface area contributed by atoms with Gasteiger partial charge in [0.25, 0.3) is 0 Å². The molecule has 7 nitrogen and oxygen atoms in total. The van der Waals surface area contributed by atoms with Gasteiger partial charge in [0, 0.05) is 42.4 Å². The van der Waals surface area contributed by atoms with E-state index in [4.69, 9.17) is 4.74 Å². The lowest BCUT2D eigenvalue weighted by Crippen LogP contribution is -2.82. The van der Waals surface area contributed by atoms with E-state index >= 15 is 0 Å². The van der Waals surface area contributed by atoms with Crippen LogP contribution in [0.5, 0.6) is 17.2 Å². The summed E-state index contributed by atoms with van der Waals surface area (Å²) >= 11 is 0. The molecule has 6 atom stereocenters. The standard InChI is InChI=1S/C21H25NO6.CH3/c1-22(19(26)10-2-3-10)7-6-20-16-11-8-15(22)21(20,27)5-4-12(23)18(20)28-17(16)14(25)9-13(11)24;/h9-10,15,18-19,26-27H,2-8H2,1H3,(H-,24,25);1H3/q;-1/p+1/t15-,18+,19?,20+,21-,22+;/m1./s1. The highest BCUT2D eigenvalue weighted by Crippen LogP contribution is 2.67. The van der Waals surface area contributed by atoms with Gasteiger partial charge in [-0.1, -0.05) is 0 Å². The predicted molar refractivity (Wildman–Crippen MR) is 103 cm³/mol. The Morgan fingerprint density at radius 1 is 1.24 bits per heavy atom. The van der Waals surface area contributed by atoms with E-state index in [0.717, 1.165) is 12.8 Å². The van der Waals surface area contributed by atoms with Crippen LogP contribution in [-0.4, -0.2) is 68.3 Å². The quantitative estimate of drug-likeness (QED) is 0.436. The molecule has 0 amide bonds. The number of aliphatic hydroxyl groups excluding tert-OH is 1. The first-order chi connectivity index (χ1) is 13.2. The van der Waals surface area contributed by atoms with Crippen molar-refractivity contribution in [2.45, 2.75) is 67.9 Å². The Balaban J connectivity index is 0.00000181. The molecule has 2 heterocycles. The molecule has 2 aliphatic heterocycles. The average Bonchev–Trinajstić information content (AvgIpc) is 3.42. The summed E-state index contributed by atoms with van der Waals surface area (Å²) in [5, 5.41) is 44.4. The topological polar surface area (TPSA) is 107 Å². The number of carbonyl (C=O) groups excluding carboxylic acids is 1. The second-order valence-electron chi connectivity index (χ2n) is 9.75. The van der Waals surface area contributed by atoms with E-state index in [1.54, 1.807) is 0 Å². The molecule has 0 aromatic heterocycles. The number of piperidine rings is 1. The maximum atomic E-state index is 12.8. The number of rotatable bonds is 2. The summed E-state index contributed by atoms with van der Waals surface area (Å²) in [7, 11) is 2.00. The van der Waals surface area contributed by atoms with Crippen molar-refractivity contribution in [3.63, 3.8) is 0 Å². The van der Waals surface area contributed by atoms with Gasteiger partial charge in [0.2, 0.25) is 0 Å². The summed E-state index contributed by atoms with van der Waals surface area (Å²) in [6, 6.07) is 0.930. The molecule has 7 heteroatoms. The lowest BCUT2D eigenvalue weighted by atomic mass is 9.48. The third-order valence-electron chi connectivity index (χ3n) is 8.59. The summed E-state index contributed by atoms with van der Waals surface area (Å²) in [5.74, 6) is 0.205. The number of quaternary nitrogens is 1. The van der Waals surface area contributed by atoms with Crippen LogP contribution in [0.25, 0.3) is 0 Å². The van der Waals surface area contributed by atoms with Gasteiger partial charge in [-0.25, -0.2) is 0 Å². The van der Waals surface area contributed by atoms with E-state index in [1.165, 1.54) is 6.07 Å². The molecule has 1 spiro atoms. The highest BCUT2D eigenvalue weighted by atomic mass is 16.5. The maximum Gasteiger partial charge on any atom is 0.193 e. The molecule has 3 aliphatic carbocycles. The Kier molecular flexibility index (Phi) is 3.60. The fraction of sp³-hybridized carbons (Fsp3) is 0.636. The van der Waals surface area contributed by atoms with E-state index < -0.39 is 23.3 Å². The zero-order valence-corrected chi connectivity index (χ0v) is 16.9. The molecule has 2 bridgehead atoms. The summed E-state index contributed by atoms with van der Waals surface area (Å²) in [6.07, 6.45) is 1.97. The van der Waals surface area contributed by atoms with E-state index in [9.17, 15) is 25.2 Å². The molecule has 5 aliphatic rings. The Labute approximate surface area is 170 Å². The largest absolute Gasteiger partial charge is 0.508 e. The van der Waals surface area contributed by atoms with Gasteiger partial charge < -0.3 is 32.6 Å². The smallest absolute Gasteiger partial charge is 0.193 e. The monoisotopic (exact) mass is 403 g/mol. The van der Waals surface area contributed by atoms with Crippen LogP contribution in [0.4, 0.5) is 0 Å². The van der Waals surface area contributed by atoms with Gasteiger partial charge in [-0.3, -0.25) is 9.28 Å². The number of ketones is 1. The molecule has 1 aromatic carbocycles. The Morgan fingerprint density at radius 2 is 1.97 bits per heavy atom. The highest BCUT2D eigenvalue weighted by Gasteiger charge is 2.77. The number of benzene rings is 1. The van der Waals surface area contributed by atoms with Crippen molar-refractivity contribution in [1.29, 1.82) is 0 Å². The number of Topliss-reactive ketones (excluding diaryl/α,β-unsaturated/α-hetero) is 1. The number of likely N-dealkylation sites (N-methyl/N-ethyl adjacent to an activating group) is 1. The number of nitrogens with zero attached hydrogens (tertiary/aromatic N) is 1. The van der Waals surface area contributed by atoms with Gasteiger partial charge in [0.05, 0.1) is 19.0 Å². The molecule has 1 aromatic rings. The first-order valence-electron chi connectivity index (χ1n) is 10.3. The van der Waals surface area contributed by atoms with Gasteiger partial charge >= 0.3 is 0 Å². The van der Waals surface area contributed by atoms with Gasteiger partial charge in [-0.15, -0.1) is 0 Å². The second kappa shape index (κ2) is 5.45. The van der Waals surface area contributed by atoms with Crippen molar-refractivity contribution in [2.75, 3.05) is 13.6 Å². The number of hydrogen-bond donors (Lipinski definition) is 4. The van der Waals surface area contributed by atoms with Crippen molar-refractivity contribution in [2.24, 2.45) is 5.92 Å². The van der Waals surface area contributed by atoms with Gasteiger partial charge in [0.15, 0.2) is 29.6 Å². The summed E-state index contributed by atoms with van der Waals surface area (Å²) in [5.41, 5.74) is -0.930. The molecule has 4 N–H and O–H groups in total. The van der Waals surface area contributed by atoms with Crippen LogP contribution in [0.15, 0.2) is 6.07 Å². The fourth-order valence-corrected chi connectivity index (χ4v) is 7.04. The normalized spacial score (nSPS) is 42.5. The number of likely N-dealkylation sites (tertiary alicyclic amines) is 1. The molecular formula is C22H29NO6. The van der Waals surface area contributed by atoms with Crippen LogP contribution in [0, 0.1) is 13.3 Å². The first kappa shape index (κ1) is 19.2. The number of phenols is 2. The van der Waals surface area contributed by atoms with E-state index in [1.807, 2.05) is 7.05 Å². The zero-order valence-electron chi connectivity index (χ0n) is 16.9. The van der Waals surface area contributed by atoms with Crippen LogP contribution >= 0.6 is 0 Å². The molecule has 2 saturated carbocycles. The minimum absolute atomic E-state index is 0. The third-order valence-corrected chi connectivity index (χ3v) is 8.59. The van der Waals surface area contributed by atoms with Gasteiger partial charge in [-0.2, -0.15) is 0 Å². The van der Waals surface area contributed by atoms with Crippen molar-refractivity contribution >= 4 is 5.78 Å². The minimum atomic E-state index is -1.23. The third kappa shape index (κ3) is 1.92. The van der Waals surface area contributed by atoms with E-state index in [0.29, 0.717) is 41.4 Å². The van der Waals surface area contributed by atoms with Crippen LogP contribution in [0.2, 0.25) is 0 Å². The van der Waals surface area contributed by atoms with Crippen LogP contribution < -0.4 is 4.74 Å². The Morgan fingerprint density at radius 3 is 2.66 bits per heavy atom. The van der Waals surface area contributed by atoms with Crippen molar-refractivity contribution in [3.8, 4) is 17.2 Å². The first-order valence-corrected chi connectivity index (χ1v) is 10.3. The van der Waals surface area contributed by atoms with Crippen LogP contribution in [0.1, 0.15) is 43.2 Å². The van der Waals surface area contributed by atoms with Gasteiger partial charge in [-0.05, 0) is 19.3 Å². The SMILES string of the molecule is C[N@+]1(C(O)C2CC2)CC[C@]23c4c5c(O)cc(O)c4O[C@H]2C(=O)CC[C@@]3(O)[C@H]1C5.[CH3-]. The van der Waals surface area contributed by atoms with E-state index in [-0.39, 0.29) is 48.8 Å². The zero-order chi connectivity index (χ0) is 19.6. The van der Waals surface area contributed by atoms with Crippen molar-refractivity contribution in [1.82, 2.24) is 0 Å². The Hall–Kier alpha value is -1.83. The fourth-order valence-electron chi connectivity index (χ4n) is 7.04. The number of aliphatic hydroxyl groups is 2. The highest BCUT2D eigenvalue weighted by molar-refractivity contribution is 5.90. The van der Waals surface area contributed by atoms with E-state index in [2.05, 4.69) is 0 Å². The minimum Gasteiger partial charge on any atom is -0.508 e. The molecular weight excluding hydrogens is 374 g/mol. The number of carbonyl (C=O) groups is 1. The Bertz CT molecular complexity index is 928. The lowest BCUT2D eigenvalue weighted by molar-refractivity contribution is -0.991. The maximum absolute atomic E-state index is 12.8. The van der Waals surface area contributed by atoms with Gasteiger partial charge in [0.1, 0.15) is 17.4 Å². The number of ether oxygens (including phenoxy) is 1. The second-order valence-corrected chi connectivity index (χ2v) is 9.75. The summed E-state index contributed by atoms with van der Waals surface area (Å²) in [6.45, 7) is 0.618. The molecule has 158 valence electrons. The summed E-state index contributed by atoms with van der Waals surface area (Å²) < 4.78 is 6.32. The molecule has 29 heavy (non-hydrogen) atoms. The molecule has 6 rings (SSSR count). The van der Waals surface area contributed by atoms with Crippen LogP contribution in [0.3, 0.4) is 0 Å². The molecule has 1 saturated heterocycles. The molecule has 0 radical (unpaired) electrons. The number of hydrogen-bond acceptors (Lipinski definition) is 6. The summed E-state index contributed by atoms with van der Waals surface area (Å²) in [4.78, 5) is 12.8. The lowest BCUT2D eigenvalue weighted by Gasteiger charge is -2.65. The van der Waals surface area contributed by atoms with Crippen molar-refractivity contribution < 1.29 is 34.4 Å².